The molecule has 0 fully saturated rings. The van der Waals surface area contributed by atoms with Crippen LogP contribution in [-0.4, -0.2) is 28.3 Å². The van der Waals surface area contributed by atoms with Crippen molar-refractivity contribution < 1.29 is 9.53 Å². The molecule has 0 saturated carbocycles. The molecule has 128 valence electrons. The average Bonchev–Trinajstić information content (AvgIpc) is 3.07. The molecular formula is C18H19N5O2. The third-order valence-corrected chi connectivity index (χ3v) is 3.59. The van der Waals surface area contributed by atoms with Gasteiger partial charge >= 0.3 is 6.03 Å². The Hall–Kier alpha value is -3.35. The Kier molecular flexibility index (Phi) is 4.94. The molecule has 2 amide bonds. The molecule has 0 aliphatic carbocycles. The number of nitrogens with zero attached hydrogens (tertiary/aromatic N) is 2. The van der Waals surface area contributed by atoms with Crippen LogP contribution in [0.3, 0.4) is 0 Å². The molecule has 3 rings (SSSR count). The number of methoxy groups -OCH3 is 1. The first kappa shape index (κ1) is 16.5. The molecule has 1 aromatic heterocycles. The van der Waals surface area contributed by atoms with Gasteiger partial charge in [-0.3, -0.25) is 5.10 Å². The third-order valence-electron chi connectivity index (χ3n) is 3.59. The molecular weight excluding hydrogens is 318 g/mol. The van der Waals surface area contributed by atoms with Crippen LogP contribution in [-0.2, 0) is 6.54 Å². The Labute approximate surface area is 145 Å². The lowest BCUT2D eigenvalue weighted by Crippen LogP contribution is -2.28. The zero-order chi connectivity index (χ0) is 17.6. The minimum atomic E-state index is -0.279. The Morgan fingerprint density at radius 1 is 1.20 bits per heavy atom. The van der Waals surface area contributed by atoms with E-state index in [-0.39, 0.29) is 6.03 Å². The number of rotatable bonds is 5. The molecule has 0 spiro atoms. The first-order valence-corrected chi connectivity index (χ1v) is 7.81. The summed E-state index contributed by atoms with van der Waals surface area (Å²) in [6.45, 7) is 2.26. The van der Waals surface area contributed by atoms with Crippen LogP contribution in [0.5, 0.6) is 5.75 Å². The number of nitrogens with one attached hydrogen (secondary N) is 3. The summed E-state index contributed by atoms with van der Waals surface area (Å²) in [6, 6.07) is 14.6. The van der Waals surface area contributed by atoms with Crippen molar-refractivity contribution in [3.63, 3.8) is 0 Å². The molecule has 25 heavy (non-hydrogen) atoms. The number of anilines is 1. The molecule has 1 heterocycles. The summed E-state index contributed by atoms with van der Waals surface area (Å²) in [6.07, 6.45) is 0. The van der Waals surface area contributed by atoms with Gasteiger partial charge in [-0.25, -0.2) is 9.78 Å². The fraction of sp³-hybridized carbons (Fsp3) is 0.167. The lowest BCUT2D eigenvalue weighted by Gasteiger charge is -2.09. The maximum absolute atomic E-state index is 12.1. The molecule has 3 N–H and O–H groups in total. The number of aryl methyl sites for hydroxylation is 1. The maximum atomic E-state index is 12.1. The van der Waals surface area contributed by atoms with Crippen LogP contribution in [0.1, 0.15) is 11.4 Å². The number of hydrogen-bond acceptors (Lipinski definition) is 4. The van der Waals surface area contributed by atoms with Crippen LogP contribution in [0.4, 0.5) is 10.5 Å². The molecule has 7 heteroatoms. The van der Waals surface area contributed by atoms with Gasteiger partial charge in [0.25, 0.3) is 0 Å². The summed E-state index contributed by atoms with van der Waals surface area (Å²) in [5, 5.41) is 12.6. The maximum Gasteiger partial charge on any atom is 0.319 e. The number of aromatic nitrogens is 3. The van der Waals surface area contributed by atoms with Crippen molar-refractivity contribution in [2.75, 3.05) is 12.4 Å². The van der Waals surface area contributed by atoms with E-state index < -0.39 is 0 Å². The van der Waals surface area contributed by atoms with Gasteiger partial charge in [-0.05, 0) is 36.8 Å². The molecule has 7 nitrogen and oxygen atoms in total. The molecule has 0 aliphatic rings. The number of benzene rings is 2. The van der Waals surface area contributed by atoms with E-state index >= 15 is 0 Å². The monoisotopic (exact) mass is 337 g/mol. The van der Waals surface area contributed by atoms with Crippen molar-refractivity contribution in [2.45, 2.75) is 13.5 Å². The number of hydrogen-bond donors (Lipinski definition) is 3. The van der Waals surface area contributed by atoms with Gasteiger partial charge in [0.2, 0.25) is 0 Å². The summed E-state index contributed by atoms with van der Waals surface area (Å²) in [5.74, 6) is 2.12. The van der Waals surface area contributed by atoms with Gasteiger partial charge in [-0.1, -0.05) is 24.3 Å². The minimum absolute atomic E-state index is 0.279. The van der Waals surface area contributed by atoms with E-state index in [1.807, 2.05) is 55.5 Å². The van der Waals surface area contributed by atoms with Crippen LogP contribution in [0.2, 0.25) is 0 Å². The first-order chi connectivity index (χ1) is 12.1. The second kappa shape index (κ2) is 7.48. The van der Waals surface area contributed by atoms with Gasteiger partial charge in [0.15, 0.2) is 5.82 Å². The van der Waals surface area contributed by atoms with Crippen molar-refractivity contribution in [3.05, 3.63) is 59.9 Å². The highest BCUT2D eigenvalue weighted by Crippen LogP contribution is 2.19. The number of carbonyl (C=O) groups is 1. The van der Waals surface area contributed by atoms with Gasteiger partial charge in [-0.2, -0.15) is 5.10 Å². The van der Waals surface area contributed by atoms with Crippen molar-refractivity contribution in [3.8, 4) is 17.1 Å². The van der Waals surface area contributed by atoms with Gasteiger partial charge in [0.1, 0.15) is 11.6 Å². The quantitative estimate of drug-likeness (QED) is 0.667. The van der Waals surface area contributed by atoms with E-state index in [9.17, 15) is 4.79 Å². The normalized spacial score (nSPS) is 10.3. The fourth-order valence-corrected chi connectivity index (χ4v) is 2.31. The number of amides is 2. The average molecular weight is 337 g/mol. The first-order valence-electron chi connectivity index (χ1n) is 7.81. The zero-order valence-corrected chi connectivity index (χ0v) is 14.0. The van der Waals surface area contributed by atoms with E-state index in [0.29, 0.717) is 18.1 Å². The predicted octanol–water partition coefficient (Wildman–Crippen LogP) is 3.11. The molecule has 0 atom stereocenters. The predicted molar refractivity (Wildman–Crippen MR) is 95.4 cm³/mol. The number of carbonyl (C=O) groups excluding carboxylic acids is 1. The molecule has 0 radical (unpaired) electrons. The van der Waals surface area contributed by atoms with E-state index in [1.165, 1.54) is 0 Å². The summed E-state index contributed by atoms with van der Waals surface area (Å²) < 4.78 is 5.11. The largest absolute Gasteiger partial charge is 0.497 e. The molecule has 0 unspecified atom stereocenters. The van der Waals surface area contributed by atoms with Gasteiger partial charge in [-0.15, -0.1) is 0 Å². The summed E-state index contributed by atoms with van der Waals surface area (Å²) in [5.41, 5.74) is 2.49. The molecule has 0 aliphatic heterocycles. The Morgan fingerprint density at radius 2 is 2.00 bits per heavy atom. The van der Waals surface area contributed by atoms with E-state index in [4.69, 9.17) is 4.74 Å². The Bertz CT molecular complexity index is 858. The van der Waals surface area contributed by atoms with Crippen LogP contribution in [0.15, 0.2) is 48.5 Å². The number of H-pyrrole nitrogens is 1. The lowest BCUT2D eigenvalue weighted by atomic mass is 10.2. The zero-order valence-electron chi connectivity index (χ0n) is 14.0. The SMILES string of the molecule is COc1ccc(CNC(=O)Nc2cccc(-c3n[nH]c(C)n3)c2)cc1. The number of aromatic amines is 1. The number of urea groups is 1. The fourth-order valence-electron chi connectivity index (χ4n) is 2.31. The standard InChI is InChI=1S/C18H19N5O2/c1-12-20-17(23-22-12)14-4-3-5-15(10-14)21-18(24)19-11-13-6-8-16(25-2)9-7-13/h3-10H,11H2,1-2H3,(H2,19,21,24)(H,20,22,23). The smallest absolute Gasteiger partial charge is 0.319 e. The van der Waals surface area contributed by atoms with Gasteiger partial charge < -0.3 is 15.4 Å². The van der Waals surface area contributed by atoms with Crippen molar-refractivity contribution in [1.82, 2.24) is 20.5 Å². The number of ether oxygens (including phenoxy) is 1. The van der Waals surface area contributed by atoms with Gasteiger partial charge in [0.05, 0.1) is 7.11 Å². The molecule has 2 aromatic carbocycles. The lowest BCUT2D eigenvalue weighted by molar-refractivity contribution is 0.251. The summed E-state index contributed by atoms with van der Waals surface area (Å²) in [4.78, 5) is 16.4. The van der Waals surface area contributed by atoms with Crippen molar-refractivity contribution >= 4 is 11.7 Å². The van der Waals surface area contributed by atoms with Crippen molar-refractivity contribution in [1.29, 1.82) is 0 Å². The van der Waals surface area contributed by atoms with E-state index in [2.05, 4.69) is 25.8 Å². The Morgan fingerprint density at radius 3 is 2.68 bits per heavy atom. The second-order valence-corrected chi connectivity index (χ2v) is 5.48. The summed E-state index contributed by atoms with van der Waals surface area (Å²) in [7, 11) is 1.62. The van der Waals surface area contributed by atoms with Crippen LogP contribution >= 0.6 is 0 Å². The topological polar surface area (TPSA) is 91.9 Å². The highest BCUT2D eigenvalue weighted by Gasteiger charge is 2.06. The van der Waals surface area contributed by atoms with Crippen LogP contribution in [0.25, 0.3) is 11.4 Å². The van der Waals surface area contributed by atoms with Crippen molar-refractivity contribution in [2.24, 2.45) is 0 Å². The minimum Gasteiger partial charge on any atom is -0.497 e. The highest BCUT2D eigenvalue weighted by atomic mass is 16.5. The van der Waals surface area contributed by atoms with Crippen LogP contribution in [0, 0.1) is 6.92 Å². The van der Waals surface area contributed by atoms with Gasteiger partial charge in [0, 0.05) is 17.8 Å². The summed E-state index contributed by atoms with van der Waals surface area (Å²) >= 11 is 0. The third kappa shape index (κ3) is 4.35. The molecule has 3 aromatic rings. The molecule has 0 saturated heterocycles. The van der Waals surface area contributed by atoms with E-state index in [1.54, 1.807) is 7.11 Å². The van der Waals surface area contributed by atoms with Crippen LogP contribution < -0.4 is 15.4 Å². The Balaban J connectivity index is 1.59. The van der Waals surface area contributed by atoms with E-state index in [0.717, 1.165) is 22.7 Å². The molecule has 0 bridgehead atoms. The second-order valence-electron chi connectivity index (χ2n) is 5.48. The highest BCUT2D eigenvalue weighted by molar-refractivity contribution is 5.89.